The summed E-state index contributed by atoms with van der Waals surface area (Å²) in [5.41, 5.74) is 3.09. The highest BCUT2D eigenvalue weighted by Crippen LogP contribution is 2.21. The Kier molecular flexibility index (Phi) is 5.45. The van der Waals surface area contributed by atoms with Gasteiger partial charge in [0, 0.05) is 35.5 Å². The van der Waals surface area contributed by atoms with E-state index >= 15 is 0 Å². The van der Waals surface area contributed by atoms with Crippen LogP contribution >= 0.6 is 15.9 Å². The highest BCUT2D eigenvalue weighted by Gasteiger charge is 2.06. The maximum atomic E-state index is 12.1. The highest BCUT2D eigenvalue weighted by molar-refractivity contribution is 9.10. The first-order valence-corrected chi connectivity index (χ1v) is 8.53. The standard InChI is InChI=1S/C18H17BrN4O2/c1-25-14-4-2-12(3-5-14)18(24)22-9-8-21-15-6-7-20-16-10-13(19)11-23-17(15)16/h2-7,10-11H,8-9H2,1H3,(H,20,21)(H,22,24). The van der Waals surface area contributed by atoms with Gasteiger partial charge in [-0.15, -0.1) is 0 Å². The van der Waals surface area contributed by atoms with Crippen molar-refractivity contribution in [3.05, 3.63) is 58.8 Å². The van der Waals surface area contributed by atoms with E-state index in [1.165, 1.54) is 0 Å². The molecule has 0 bridgehead atoms. The number of nitrogens with one attached hydrogen (secondary N) is 2. The number of benzene rings is 1. The molecule has 6 nitrogen and oxygen atoms in total. The number of ether oxygens (including phenoxy) is 1. The summed E-state index contributed by atoms with van der Waals surface area (Å²) in [7, 11) is 1.59. The number of hydrogen-bond acceptors (Lipinski definition) is 5. The number of halogens is 1. The van der Waals surface area contributed by atoms with Gasteiger partial charge in [0.25, 0.3) is 5.91 Å². The minimum absolute atomic E-state index is 0.119. The number of fused-ring (bicyclic) bond motifs is 1. The second-order valence-corrected chi connectivity index (χ2v) is 6.21. The van der Waals surface area contributed by atoms with Gasteiger partial charge < -0.3 is 15.4 Å². The molecule has 3 rings (SSSR count). The number of carbonyl (C=O) groups excluding carboxylic acids is 1. The third-order valence-electron chi connectivity index (χ3n) is 3.62. The average Bonchev–Trinajstić information content (AvgIpc) is 2.64. The Morgan fingerprint density at radius 2 is 1.96 bits per heavy atom. The molecule has 2 N–H and O–H groups in total. The molecule has 0 saturated carbocycles. The first kappa shape index (κ1) is 17.2. The average molecular weight is 401 g/mol. The molecule has 2 aromatic heterocycles. The summed E-state index contributed by atoms with van der Waals surface area (Å²) >= 11 is 3.39. The molecule has 0 aliphatic carbocycles. The van der Waals surface area contributed by atoms with E-state index in [9.17, 15) is 4.79 Å². The SMILES string of the molecule is COc1ccc(C(=O)NCCNc2ccnc3cc(Br)cnc23)cc1. The highest BCUT2D eigenvalue weighted by atomic mass is 79.9. The molecule has 0 radical (unpaired) electrons. The second-order valence-electron chi connectivity index (χ2n) is 5.29. The van der Waals surface area contributed by atoms with Crippen LogP contribution in [0.15, 0.2) is 53.3 Å². The van der Waals surface area contributed by atoms with Crippen molar-refractivity contribution in [2.75, 3.05) is 25.5 Å². The Labute approximate surface area is 153 Å². The zero-order chi connectivity index (χ0) is 17.6. The van der Waals surface area contributed by atoms with Crippen molar-refractivity contribution >= 4 is 38.6 Å². The van der Waals surface area contributed by atoms with Gasteiger partial charge in [-0.1, -0.05) is 0 Å². The van der Waals surface area contributed by atoms with E-state index in [1.54, 1.807) is 43.8 Å². The fraction of sp³-hybridized carbons (Fsp3) is 0.167. The summed E-state index contributed by atoms with van der Waals surface area (Å²) in [5, 5.41) is 6.16. The van der Waals surface area contributed by atoms with Crippen LogP contribution in [0.2, 0.25) is 0 Å². The smallest absolute Gasteiger partial charge is 0.251 e. The summed E-state index contributed by atoms with van der Waals surface area (Å²) in [6.45, 7) is 1.07. The van der Waals surface area contributed by atoms with Crippen LogP contribution in [-0.2, 0) is 0 Å². The zero-order valence-corrected chi connectivity index (χ0v) is 15.2. The summed E-state index contributed by atoms with van der Waals surface area (Å²) in [5.74, 6) is 0.605. The van der Waals surface area contributed by atoms with E-state index < -0.39 is 0 Å². The predicted molar refractivity (Wildman–Crippen MR) is 101 cm³/mol. The lowest BCUT2D eigenvalue weighted by Crippen LogP contribution is -2.28. The quantitative estimate of drug-likeness (QED) is 0.621. The van der Waals surface area contributed by atoms with Crippen LogP contribution in [0.1, 0.15) is 10.4 Å². The van der Waals surface area contributed by atoms with E-state index in [1.807, 2.05) is 12.1 Å². The summed E-state index contributed by atoms with van der Waals surface area (Å²) in [6, 6.07) is 10.8. The fourth-order valence-corrected chi connectivity index (χ4v) is 2.69. The molecule has 3 aromatic rings. The molecule has 0 aliphatic heterocycles. The molecule has 0 spiro atoms. The Hall–Kier alpha value is -2.67. The van der Waals surface area contributed by atoms with Gasteiger partial charge in [-0.05, 0) is 52.3 Å². The van der Waals surface area contributed by atoms with Gasteiger partial charge in [-0.2, -0.15) is 0 Å². The van der Waals surface area contributed by atoms with Crippen molar-refractivity contribution in [1.29, 1.82) is 0 Å². The number of methoxy groups -OCH3 is 1. The van der Waals surface area contributed by atoms with Crippen LogP contribution in [0.3, 0.4) is 0 Å². The predicted octanol–water partition coefficient (Wildman–Crippen LogP) is 3.24. The Bertz CT molecular complexity index is 884. The minimum atomic E-state index is -0.119. The summed E-state index contributed by atoms with van der Waals surface area (Å²) in [6.07, 6.45) is 3.47. The Balaban J connectivity index is 1.55. The monoisotopic (exact) mass is 400 g/mol. The molecule has 1 aromatic carbocycles. The molecule has 0 saturated heterocycles. The zero-order valence-electron chi connectivity index (χ0n) is 13.6. The Morgan fingerprint density at radius 3 is 2.72 bits per heavy atom. The van der Waals surface area contributed by atoms with Gasteiger partial charge in [0.1, 0.15) is 11.3 Å². The molecule has 0 atom stereocenters. The van der Waals surface area contributed by atoms with Gasteiger partial charge in [0.15, 0.2) is 0 Å². The molecular weight excluding hydrogens is 384 g/mol. The summed E-state index contributed by atoms with van der Waals surface area (Å²) in [4.78, 5) is 20.8. The molecule has 128 valence electrons. The molecule has 0 fully saturated rings. The van der Waals surface area contributed by atoms with Crippen LogP contribution < -0.4 is 15.4 Å². The number of hydrogen-bond donors (Lipinski definition) is 2. The van der Waals surface area contributed by atoms with E-state index in [0.717, 1.165) is 26.9 Å². The molecule has 1 amide bonds. The van der Waals surface area contributed by atoms with E-state index in [-0.39, 0.29) is 5.91 Å². The normalized spacial score (nSPS) is 10.5. The maximum Gasteiger partial charge on any atom is 0.251 e. The molecule has 7 heteroatoms. The molecule has 0 unspecified atom stereocenters. The molecular formula is C18H17BrN4O2. The number of anilines is 1. The van der Waals surface area contributed by atoms with Crippen molar-refractivity contribution in [2.45, 2.75) is 0 Å². The lowest BCUT2D eigenvalue weighted by molar-refractivity contribution is 0.0955. The number of rotatable bonds is 6. The lowest BCUT2D eigenvalue weighted by Gasteiger charge is -2.10. The van der Waals surface area contributed by atoms with Crippen molar-refractivity contribution < 1.29 is 9.53 Å². The van der Waals surface area contributed by atoms with E-state index in [2.05, 4.69) is 36.5 Å². The fourth-order valence-electron chi connectivity index (χ4n) is 2.37. The Morgan fingerprint density at radius 1 is 1.16 bits per heavy atom. The minimum Gasteiger partial charge on any atom is -0.497 e. The van der Waals surface area contributed by atoms with Crippen molar-refractivity contribution in [2.24, 2.45) is 0 Å². The summed E-state index contributed by atoms with van der Waals surface area (Å²) < 4.78 is 5.97. The number of aromatic nitrogens is 2. The van der Waals surface area contributed by atoms with Gasteiger partial charge in [0.2, 0.25) is 0 Å². The van der Waals surface area contributed by atoms with E-state index in [4.69, 9.17) is 4.74 Å². The van der Waals surface area contributed by atoms with Gasteiger partial charge in [-0.3, -0.25) is 14.8 Å². The van der Waals surface area contributed by atoms with Gasteiger partial charge in [-0.25, -0.2) is 0 Å². The topological polar surface area (TPSA) is 76.1 Å². The molecule has 0 aliphatic rings. The second kappa shape index (κ2) is 7.94. The maximum absolute atomic E-state index is 12.1. The van der Waals surface area contributed by atoms with Crippen molar-refractivity contribution in [3.8, 4) is 5.75 Å². The van der Waals surface area contributed by atoms with Gasteiger partial charge in [0.05, 0.1) is 18.3 Å². The molecule has 25 heavy (non-hydrogen) atoms. The van der Waals surface area contributed by atoms with Crippen LogP contribution in [0.25, 0.3) is 11.0 Å². The van der Waals surface area contributed by atoms with Gasteiger partial charge >= 0.3 is 0 Å². The van der Waals surface area contributed by atoms with Crippen LogP contribution in [0.4, 0.5) is 5.69 Å². The van der Waals surface area contributed by atoms with E-state index in [0.29, 0.717) is 18.7 Å². The van der Waals surface area contributed by atoms with Crippen molar-refractivity contribution in [3.63, 3.8) is 0 Å². The van der Waals surface area contributed by atoms with Crippen LogP contribution in [0, 0.1) is 0 Å². The number of nitrogens with zero attached hydrogens (tertiary/aromatic N) is 2. The molecule has 2 heterocycles. The lowest BCUT2D eigenvalue weighted by atomic mass is 10.2. The number of carbonyl (C=O) groups is 1. The number of amides is 1. The first-order chi connectivity index (χ1) is 12.2. The van der Waals surface area contributed by atoms with Crippen LogP contribution in [-0.4, -0.2) is 36.1 Å². The first-order valence-electron chi connectivity index (χ1n) is 7.74. The third-order valence-corrected chi connectivity index (χ3v) is 4.06. The van der Waals surface area contributed by atoms with Crippen LogP contribution in [0.5, 0.6) is 5.75 Å². The third kappa shape index (κ3) is 4.24. The largest absolute Gasteiger partial charge is 0.497 e. The number of pyridine rings is 2. The van der Waals surface area contributed by atoms with Crippen molar-refractivity contribution in [1.82, 2.24) is 15.3 Å².